The van der Waals surface area contributed by atoms with Crippen molar-refractivity contribution in [3.8, 4) is 0 Å². The Kier molecular flexibility index (Phi) is 4.73. The third-order valence-electron chi connectivity index (χ3n) is 2.93. The summed E-state index contributed by atoms with van der Waals surface area (Å²) in [7, 11) is -3.28. The van der Waals surface area contributed by atoms with E-state index in [1.807, 2.05) is 6.92 Å². The number of nitrogens with one attached hydrogen (secondary N) is 1. The molecule has 1 saturated heterocycles. The lowest BCUT2D eigenvalue weighted by Crippen LogP contribution is -2.47. The maximum Gasteiger partial charge on any atom is 0.238 e. The average Bonchev–Trinajstić information content (AvgIpc) is 2.24. The Morgan fingerprint density at radius 1 is 1.50 bits per heavy atom. The molecule has 1 aliphatic heterocycles. The summed E-state index contributed by atoms with van der Waals surface area (Å²) >= 11 is 0. The highest BCUT2D eigenvalue weighted by Gasteiger charge is 2.35. The molecular weight excluding hydrogens is 230 g/mol. The van der Waals surface area contributed by atoms with Crippen molar-refractivity contribution in [2.45, 2.75) is 43.9 Å². The minimum atomic E-state index is -3.28. The molecule has 2 atom stereocenters. The Labute approximate surface area is 96.1 Å². The Balaban J connectivity index is 2.65. The van der Waals surface area contributed by atoms with Gasteiger partial charge in [-0.05, 0) is 19.3 Å². The largest absolute Gasteiger partial charge is 0.394 e. The third kappa shape index (κ3) is 3.18. The summed E-state index contributed by atoms with van der Waals surface area (Å²) in [5, 5.41) is 10.6. The van der Waals surface area contributed by atoms with Crippen LogP contribution in [-0.2, 0) is 14.6 Å². The van der Waals surface area contributed by atoms with Crippen molar-refractivity contribution in [3.63, 3.8) is 0 Å². The molecule has 1 fully saturated rings. The fourth-order valence-corrected chi connectivity index (χ4v) is 3.63. The summed E-state index contributed by atoms with van der Waals surface area (Å²) in [5.74, 6) is -0.360. The van der Waals surface area contributed by atoms with Crippen LogP contribution in [0.25, 0.3) is 0 Å². The highest BCUT2D eigenvalue weighted by atomic mass is 32.2. The fourth-order valence-electron chi connectivity index (χ4n) is 1.82. The predicted molar refractivity (Wildman–Crippen MR) is 60.7 cm³/mol. The molecule has 0 aromatic heterocycles. The summed E-state index contributed by atoms with van der Waals surface area (Å²) in [6.07, 6.45) is 2.40. The van der Waals surface area contributed by atoms with Gasteiger partial charge >= 0.3 is 0 Å². The molecule has 0 bridgehead atoms. The Bertz CT molecular complexity index is 335. The number of carbonyl (C=O) groups excluding carboxylic acids is 1. The molecule has 1 amide bonds. The quantitative estimate of drug-likeness (QED) is 0.725. The third-order valence-corrected chi connectivity index (χ3v) is 5.11. The molecule has 1 rings (SSSR count). The van der Waals surface area contributed by atoms with Crippen molar-refractivity contribution < 1.29 is 18.3 Å². The molecule has 2 N–H and O–H groups in total. The van der Waals surface area contributed by atoms with Gasteiger partial charge in [0.05, 0.1) is 18.4 Å². The molecule has 0 aromatic rings. The molecule has 0 aromatic carbocycles. The number of rotatable bonds is 4. The van der Waals surface area contributed by atoms with Crippen molar-refractivity contribution in [1.82, 2.24) is 5.32 Å². The number of hydrogen-bond donors (Lipinski definition) is 2. The molecule has 0 radical (unpaired) electrons. The number of hydrogen-bond acceptors (Lipinski definition) is 4. The molecule has 6 heteroatoms. The molecule has 1 unspecified atom stereocenters. The van der Waals surface area contributed by atoms with Gasteiger partial charge in [0, 0.05) is 0 Å². The number of amides is 1. The van der Waals surface area contributed by atoms with Gasteiger partial charge in [0.15, 0.2) is 9.84 Å². The minimum absolute atomic E-state index is 0.0982. The minimum Gasteiger partial charge on any atom is -0.394 e. The maximum atomic E-state index is 11.7. The lowest BCUT2D eigenvalue weighted by atomic mass is 10.1. The van der Waals surface area contributed by atoms with Crippen LogP contribution in [-0.4, -0.2) is 43.1 Å². The van der Waals surface area contributed by atoms with Crippen molar-refractivity contribution in [3.05, 3.63) is 0 Å². The van der Waals surface area contributed by atoms with E-state index in [9.17, 15) is 13.2 Å². The van der Waals surface area contributed by atoms with Gasteiger partial charge in [-0.3, -0.25) is 4.79 Å². The first-order chi connectivity index (χ1) is 7.51. The van der Waals surface area contributed by atoms with Crippen molar-refractivity contribution in [2.24, 2.45) is 0 Å². The Morgan fingerprint density at radius 3 is 2.69 bits per heavy atom. The fraction of sp³-hybridized carbons (Fsp3) is 0.900. The van der Waals surface area contributed by atoms with Gasteiger partial charge in [-0.15, -0.1) is 0 Å². The average molecular weight is 249 g/mol. The van der Waals surface area contributed by atoms with Gasteiger partial charge in [-0.2, -0.15) is 0 Å². The van der Waals surface area contributed by atoms with E-state index < -0.39 is 21.0 Å². The van der Waals surface area contributed by atoms with E-state index in [1.54, 1.807) is 0 Å². The topological polar surface area (TPSA) is 83.5 Å². The van der Waals surface area contributed by atoms with Gasteiger partial charge in [-0.1, -0.05) is 13.3 Å². The second-order valence-electron chi connectivity index (χ2n) is 4.15. The molecule has 1 aliphatic rings. The lowest BCUT2D eigenvalue weighted by Gasteiger charge is -2.23. The van der Waals surface area contributed by atoms with E-state index in [2.05, 4.69) is 5.32 Å². The van der Waals surface area contributed by atoms with E-state index in [1.165, 1.54) is 0 Å². The monoisotopic (exact) mass is 249 g/mol. The molecule has 1 heterocycles. The first-order valence-corrected chi connectivity index (χ1v) is 7.35. The van der Waals surface area contributed by atoms with Gasteiger partial charge in [0.2, 0.25) is 5.91 Å². The lowest BCUT2D eigenvalue weighted by molar-refractivity contribution is -0.121. The zero-order valence-electron chi connectivity index (χ0n) is 9.48. The molecule has 5 nitrogen and oxygen atoms in total. The highest BCUT2D eigenvalue weighted by molar-refractivity contribution is 7.92. The summed E-state index contributed by atoms with van der Waals surface area (Å²) < 4.78 is 23.3. The second-order valence-corrected chi connectivity index (χ2v) is 6.45. The van der Waals surface area contributed by atoms with Crippen LogP contribution in [0.1, 0.15) is 32.6 Å². The van der Waals surface area contributed by atoms with Crippen molar-refractivity contribution in [2.75, 3.05) is 12.4 Å². The van der Waals surface area contributed by atoms with Crippen LogP contribution in [0.2, 0.25) is 0 Å². The van der Waals surface area contributed by atoms with Gasteiger partial charge < -0.3 is 10.4 Å². The maximum absolute atomic E-state index is 11.7. The molecule has 94 valence electrons. The van der Waals surface area contributed by atoms with Crippen LogP contribution < -0.4 is 5.32 Å². The van der Waals surface area contributed by atoms with E-state index in [-0.39, 0.29) is 18.4 Å². The van der Waals surface area contributed by atoms with Crippen LogP contribution in [0.3, 0.4) is 0 Å². The van der Waals surface area contributed by atoms with Crippen LogP contribution in [0.15, 0.2) is 0 Å². The van der Waals surface area contributed by atoms with E-state index in [0.717, 1.165) is 6.42 Å². The van der Waals surface area contributed by atoms with E-state index >= 15 is 0 Å². The summed E-state index contributed by atoms with van der Waals surface area (Å²) in [6, 6.07) is -0.343. The Morgan fingerprint density at radius 2 is 2.19 bits per heavy atom. The summed E-state index contributed by atoms with van der Waals surface area (Å²) in [4.78, 5) is 11.7. The molecular formula is C10H19NO4S. The number of sulfone groups is 1. The molecule has 0 aliphatic carbocycles. The standard InChI is InChI=1S/C10H19NO4S/c1-2-8(7-12)11-10(13)9-5-3-4-6-16(9,14)15/h8-9,12H,2-7H2,1H3,(H,11,13)/t8-,9?/m1/s1. The SMILES string of the molecule is CC[C@H](CO)NC(=O)C1CCCCS1(=O)=O. The van der Waals surface area contributed by atoms with Crippen LogP contribution in [0.5, 0.6) is 0 Å². The number of aliphatic hydroxyl groups excluding tert-OH is 1. The molecule has 16 heavy (non-hydrogen) atoms. The van der Waals surface area contributed by atoms with Gasteiger partial charge in [0.25, 0.3) is 0 Å². The number of carbonyl (C=O) groups is 1. The molecule has 0 spiro atoms. The van der Waals surface area contributed by atoms with Crippen LogP contribution >= 0.6 is 0 Å². The predicted octanol–water partition coefficient (Wildman–Crippen LogP) is -0.159. The van der Waals surface area contributed by atoms with E-state index in [4.69, 9.17) is 5.11 Å². The zero-order chi connectivity index (χ0) is 12.2. The first-order valence-electron chi connectivity index (χ1n) is 5.64. The van der Waals surface area contributed by atoms with E-state index in [0.29, 0.717) is 19.3 Å². The zero-order valence-corrected chi connectivity index (χ0v) is 10.3. The second kappa shape index (κ2) is 5.63. The van der Waals surface area contributed by atoms with Gasteiger partial charge in [0.1, 0.15) is 5.25 Å². The van der Waals surface area contributed by atoms with Crippen LogP contribution in [0.4, 0.5) is 0 Å². The Hall–Kier alpha value is -0.620. The van der Waals surface area contributed by atoms with Crippen molar-refractivity contribution in [1.29, 1.82) is 0 Å². The normalized spacial score (nSPS) is 26.0. The van der Waals surface area contributed by atoms with Crippen molar-refractivity contribution >= 4 is 15.7 Å². The summed E-state index contributed by atoms with van der Waals surface area (Å²) in [6.45, 7) is 1.67. The van der Waals surface area contributed by atoms with Crippen LogP contribution in [0, 0.1) is 0 Å². The summed E-state index contributed by atoms with van der Waals surface area (Å²) in [5.41, 5.74) is 0. The first kappa shape index (κ1) is 13.4. The highest BCUT2D eigenvalue weighted by Crippen LogP contribution is 2.19. The van der Waals surface area contributed by atoms with Gasteiger partial charge in [-0.25, -0.2) is 8.42 Å². The number of aliphatic hydroxyl groups is 1. The molecule has 0 saturated carbocycles. The smallest absolute Gasteiger partial charge is 0.238 e.